The lowest BCUT2D eigenvalue weighted by Gasteiger charge is -2.09. The highest BCUT2D eigenvalue weighted by atomic mass is 35.5. The topological polar surface area (TPSA) is 88.4 Å². The number of carbonyl (C=O) groups excluding carboxylic acids is 2. The standard InChI is InChI=1S/C16H17ClN2O4/c1-3-8-23-15(20)11(9-18)10-19-13-7-5-6-12(14(13)17)16(21)22-4-2/h5-7,10,19H,3-4,8H2,1-2H3. The molecule has 6 nitrogen and oxygen atoms in total. The number of anilines is 1. The largest absolute Gasteiger partial charge is 0.462 e. The number of esters is 2. The highest BCUT2D eigenvalue weighted by Crippen LogP contribution is 2.26. The van der Waals surface area contributed by atoms with Gasteiger partial charge in [0.05, 0.1) is 29.5 Å². The van der Waals surface area contributed by atoms with E-state index in [-0.39, 0.29) is 29.4 Å². The van der Waals surface area contributed by atoms with E-state index in [2.05, 4.69) is 5.32 Å². The summed E-state index contributed by atoms with van der Waals surface area (Å²) < 4.78 is 9.78. The molecule has 1 N–H and O–H groups in total. The van der Waals surface area contributed by atoms with Crippen LogP contribution in [-0.2, 0) is 14.3 Å². The van der Waals surface area contributed by atoms with E-state index in [4.69, 9.17) is 26.3 Å². The van der Waals surface area contributed by atoms with E-state index in [1.807, 2.05) is 6.92 Å². The second-order valence-corrected chi connectivity index (χ2v) is 4.72. The number of hydrogen-bond donors (Lipinski definition) is 1. The Labute approximate surface area is 139 Å². The summed E-state index contributed by atoms with van der Waals surface area (Å²) in [5, 5.41) is 11.9. The molecule has 0 spiro atoms. The molecule has 0 heterocycles. The summed E-state index contributed by atoms with van der Waals surface area (Å²) >= 11 is 6.14. The normalized spacial score (nSPS) is 10.6. The first-order valence-corrected chi connectivity index (χ1v) is 7.42. The molecule has 0 aromatic heterocycles. The molecular formula is C16H17ClN2O4. The molecule has 0 amide bonds. The Bertz CT molecular complexity index is 650. The quantitative estimate of drug-likeness (QED) is 0.467. The summed E-state index contributed by atoms with van der Waals surface area (Å²) in [5.41, 5.74) is 0.364. The van der Waals surface area contributed by atoms with Crippen molar-refractivity contribution >= 4 is 29.2 Å². The van der Waals surface area contributed by atoms with E-state index >= 15 is 0 Å². The van der Waals surface area contributed by atoms with Crippen molar-refractivity contribution in [1.29, 1.82) is 5.26 Å². The molecule has 0 aliphatic heterocycles. The van der Waals surface area contributed by atoms with Crippen LogP contribution < -0.4 is 5.32 Å². The van der Waals surface area contributed by atoms with Gasteiger partial charge in [-0.2, -0.15) is 5.26 Å². The van der Waals surface area contributed by atoms with Gasteiger partial charge in [0.25, 0.3) is 0 Å². The SMILES string of the molecule is CCCOC(=O)C(C#N)=CNc1cccc(C(=O)OCC)c1Cl. The van der Waals surface area contributed by atoms with Gasteiger partial charge in [-0.3, -0.25) is 0 Å². The number of ether oxygens (including phenoxy) is 2. The van der Waals surface area contributed by atoms with Gasteiger partial charge in [-0.15, -0.1) is 0 Å². The maximum Gasteiger partial charge on any atom is 0.350 e. The molecule has 0 saturated carbocycles. The molecule has 0 saturated heterocycles. The van der Waals surface area contributed by atoms with Crippen molar-refractivity contribution in [3.8, 4) is 6.07 Å². The molecular weight excluding hydrogens is 320 g/mol. The predicted octanol–water partition coefficient (Wildman–Crippen LogP) is 3.29. The summed E-state index contributed by atoms with van der Waals surface area (Å²) in [6, 6.07) is 6.48. The van der Waals surface area contributed by atoms with Gasteiger partial charge in [0.1, 0.15) is 6.07 Å². The zero-order valence-electron chi connectivity index (χ0n) is 12.9. The third-order valence-electron chi connectivity index (χ3n) is 2.64. The van der Waals surface area contributed by atoms with Crippen LogP contribution in [0, 0.1) is 11.3 Å². The fourth-order valence-corrected chi connectivity index (χ4v) is 1.83. The minimum atomic E-state index is -0.723. The third kappa shape index (κ3) is 5.31. The van der Waals surface area contributed by atoms with Crippen LogP contribution in [0.25, 0.3) is 0 Å². The number of nitrogens with zero attached hydrogens (tertiary/aromatic N) is 1. The van der Waals surface area contributed by atoms with Gasteiger partial charge >= 0.3 is 11.9 Å². The summed E-state index contributed by atoms with van der Waals surface area (Å²) in [6.45, 7) is 4.01. The molecule has 1 aromatic carbocycles. The number of halogens is 1. The average molecular weight is 337 g/mol. The molecule has 1 rings (SSSR count). The van der Waals surface area contributed by atoms with Crippen LogP contribution in [0.3, 0.4) is 0 Å². The number of rotatable bonds is 7. The molecule has 1 aromatic rings. The zero-order valence-corrected chi connectivity index (χ0v) is 13.6. The fraction of sp³-hybridized carbons (Fsp3) is 0.312. The van der Waals surface area contributed by atoms with E-state index in [0.717, 1.165) is 0 Å². The van der Waals surface area contributed by atoms with Crippen LogP contribution in [0.15, 0.2) is 30.0 Å². The van der Waals surface area contributed by atoms with Crippen molar-refractivity contribution < 1.29 is 19.1 Å². The maximum absolute atomic E-state index is 11.8. The maximum atomic E-state index is 11.8. The van der Waals surface area contributed by atoms with Crippen molar-refractivity contribution in [2.75, 3.05) is 18.5 Å². The number of hydrogen-bond acceptors (Lipinski definition) is 6. The van der Waals surface area contributed by atoms with Crippen molar-refractivity contribution in [3.63, 3.8) is 0 Å². The first kappa shape index (κ1) is 18.5. The van der Waals surface area contributed by atoms with E-state index in [0.29, 0.717) is 12.1 Å². The van der Waals surface area contributed by atoms with Crippen LogP contribution in [0.5, 0.6) is 0 Å². The molecule has 0 unspecified atom stereocenters. The number of benzene rings is 1. The van der Waals surface area contributed by atoms with E-state index in [9.17, 15) is 9.59 Å². The number of nitriles is 1. The molecule has 23 heavy (non-hydrogen) atoms. The molecule has 122 valence electrons. The zero-order chi connectivity index (χ0) is 17.2. The van der Waals surface area contributed by atoms with Crippen LogP contribution in [0.2, 0.25) is 5.02 Å². The van der Waals surface area contributed by atoms with Gasteiger partial charge in [-0.1, -0.05) is 24.6 Å². The minimum absolute atomic E-state index is 0.140. The molecule has 0 bridgehead atoms. The van der Waals surface area contributed by atoms with Crippen molar-refractivity contribution in [2.24, 2.45) is 0 Å². The van der Waals surface area contributed by atoms with E-state index in [1.54, 1.807) is 25.1 Å². The highest BCUT2D eigenvalue weighted by molar-refractivity contribution is 6.36. The van der Waals surface area contributed by atoms with Crippen molar-refractivity contribution in [1.82, 2.24) is 0 Å². The lowest BCUT2D eigenvalue weighted by atomic mass is 10.2. The lowest BCUT2D eigenvalue weighted by Crippen LogP contribution is -2.09. The summed E-state index contributed by atoms with van der Waals surface area (Å²) in [7, 11) is 0. The third-order valence-corrected chi connectivity index (χ3v) is 3.05. The van der Waals surface area contributed by atoms with Gasteiger partial charge in [0.15, 0.2) is 5.57 Å². The molecule has 7 heteroatoms. The highest BCUT2D eigenvalue weighted by Gasteiger charge is 2.15. The first-order valence-electron chi connectivity index (χ1n) is 7.04. The van der Waals surface area contributed by atoms with Crippen molar-refractivity contribution in [2.45, 2.75) is 20.3 Å². The summed E-state index contributed by atoms with van der Waals surface area (Å²) in [5.74, 6) is -1.27. The molecule has 0 aliphatic rings. The molecule has 0 aliphatic carbocycles. The smallest absolute Gasteiger partial charge is 0.350 e. The van der Waals surface area contributed by atoms with Crippen LogP contribution in [-0.4, -0.2) is 25.2 Å². The van der Waals surface area contributed by atoms with Crippen molar-refractivity contribution in [3.05, 3.63) is 40.6 Å². The monoisotopic (exact) mass is 336 g/mol. The number of carbonyl (C=O) groups is 2. The second kappa shape index (κ2) is 9.49. The Balaban J connectivity index is 2.94. The van der Waals surface area contributed by atoms with Crippen LogP contribution in [0.4, 0.5) is 5.69 Å². The van der Waals surface area contributed by atoms with Gasteiger partial charge in [-0.25, -0.2) is 9.59 Å². The van der Waals surface area contributed by atoms with Gasteiger partial charge in [0.2, 0.25) is 0 Å². The van der Waals surface area contributed by atoms with E-state index < -0.39 is 11.9 Å². The van der Waals surface area contributed by atoms with Gasteiger partial charge < -0.3 is 14.8 Å². The Morgan fingerprint density at radius 2 is 2.09 bits per heavy atom. The van der Waals surface area contributed by atoms with Gasteiger partial charge in [-0.05, 0) is 25.5 Å². The Morgan fingerprint density at radius 1 is 1.35 bits per heavy atom. The van der Waals surface area contributed by atoms with Crippen LogP contribution in [0.1, 0.15) is 30.6 Å². The average Bonchev–Trinajstić information content (AvgIpc) is 2.54. The van der Waals surface area contributed by atoms with Gasteiger partial charge in [0, 0.05) is 6.20 Å². The Hall–Kier alpha value is -2.52. The number of nitrogens with one attached hydrogen (secondary N) is 1. The fourth-order valence-electron chi connectivity index (χ4n) is 1.57. The second-order valence-electron chi connectivity index (χ2n) is 4.34. The Kier molecular flexibility index (Phi) is 7.64. The summed E-state index contributed by atoms with van der Waals surface area (Å²) in [4.78, 5) is 23.4. The van der Waals surface area contributed by atoms with E-state index in [1.165, 1.54) is 12.3 Å². The molecule has 0 radical (unpaired) electrons. The lowest BCUT2D eigenvalue weighted by molar-refractivity contribution is -0.138. The van der Waals surface area contributed by atoms with Crippen LogP contribution >= 0.6 is 11.6 Å². The first-order chi connectivity index (χ1) is 11.0. The Morgan fingerprint density at radius 3 is 2.70 bits per heavy atom. The summed E-state index contributed by atoms with van der Waals surface area (Å²) in [6.07, 6.45) is 1.85. The molecule has 0 fully saturated rings. The molecule has 0 atom stereocenters. The minimum Gasteiger partial charge on any atom is -0.462 e. The predicted molar refractivity (Wildman–Crippen MR) is 86.0 cm³/mol.